The Morgan fingerprint density at radius 1 is 1.32 bits per heavy atom. The fraction of sp³-hybridized carbons (Fsp3) is 0.588. The van der Waals surface area contributed by atoms with Crippen LogP contribution in [0.3, 0.4) is 0 Å². The molecule has 0 spiro atoms. The van der Waals surface area contributed by atoms with Crippen LogP contribution < -0.4 is 10.5 Å². The summed E-state index contributed by atoms with van der Waals surface area (Å²) in [4.78, 5) is 6.58. The molecule has 1 aromatic carbocycles. The summed E-state index contributed by atoms with van der Waals surface area (Å²) >= 11 is 0. The van der Waals surface area contributed by atoms with E-state index in [1.54, 1.807) is 0 Å². The number of guanidine groups is 1. The standard InChI is InChI=1S/C17H27N3O2/c1-13-5-6-14(15(11-13)22-17(2,3)4)12-19-16(18)20-7-9-21-10-8-20/h5-6,11H,7-10,12H2,1-4H3,(H2,18,19). The maximum atomic E-state index is 6.08. The van der Waals surface area contributed by atoms with Crippen molar-refractivity contribution in [1.29, 1.82) is 0 Å². The first-order valence-electron chi connectivity index (χ1n) is 7.76. The predicted octanol–water partition coefficient (Wildman–Crippen LogP) is 2.32. The molecule has 2 N–H and O–H groups in total. The lowest BCUT2D eigenvalue weighted by Crippen LogP contribution is -2.44. The minimum absolute atomic E-state index is 0.234. The Balaban J connectivity index is 2.11. The second kappa shape index (κ2) is 7.01. The SMILES string of the molecule is Cc1ccc(CN=C(N)N2CCOCC2)c(OC(C)(C)C)c1. The Morgan fingerprint density at radius 3 is 2.64 bits per heavy atom. The fourth-order valence-electron chi connectivity index (χ4n) is 2.28. The van der Waals surface area contributed by atoms with Crippen molar-refractivity contribution in [1.82, 2.24) is 4.90 Å². The molecule has 0 bridgehead atoms. The van der Waals surface area contributed by atoms with Gasteiger partial charge in [-0.3, -0.25) is 0 Å². The number of morpholine rings is 1. The molecule has 122 valence electrons. The van der Waals surface area contributed by atoms with Gasteiger partial charge in [0, 0.05) is 18.7 Å². The van der Waals surface area contributed by atoms with Crippen LogP contribution in [0.1, 0.15) is 31.9 Å². The normalized spacial score (nSPS) is 16.7. The molecule has 2 rings (SSSR count). The van der Waals surface area contributed by atoms with E-state index in [1.807, 2.05) is 20.8 Å². The number of aliphatic imine (C=N–C) groups is 1. The van der Waals surface area contributed by atoms with Crippen LogP contribution in [0, 0.1) is 6.92 Å². The second-order valence-electron chi connectivity index (χ2n) is 6.60. The van der Waals surface area contributed by atoms with E-state index in [1.165, 1.54) is 5.56 Å². The zero-order valence-corrected chi connectivity index (χ0v) is 14.1. The van der Waals surface area contributed by atoms with Crippen molar-refractivity contribution in [3.8, 4) is 5.75 Å². The Kier molecular flexibility index (Phi) is 5.29. The van der Waals surface area contributed by atoms with Crippen molar-refractivity contribution in [2.45, 2.75) is 39.8 Å². The van der Waals surface area contributed by atoms with Crippen molar-refractivity contribution in [2.75, 3.05) is 26.3 Å². The summed E-state index contributed by atoms with van der Waals surface area (Å²) in [6.07, 6.45) is 0. The molecule has 1 fully saturated rings. The summed E-state index contributed by atoms with van der Waals surface area (Å²) in [6.45, 7) is 11.7. The van der Waals surface area contributed by atoms with Gasteiger partial charge in [-0.2, -0.15) is 0 Å². The van der Waals surface area contributed by atoms with Gasteiger partial charge < -0.3 is 20.1 Å². The number of nitrogens with zero attached hydrogens (tertiary/aromatic N) is 2. The lowest BCUT2D eigenvalue weighted by Gasteiger charge is -2.27. The number of rotatable bonds is 3. The first-order valence-corrected chi connectivity index (χ1v) is 7.76. The molecule has 0 aromatic heterocycles. The molecule has 0 saturated carbocycles. The number of hydrogen-bond acceptors (Lipinski definition) is 3. The first kappa shape index (κ1) is 16.6. The van der Waals surface area contributed by atoms with Crippen LogP contribution in [0.25, 0.3) is 0 Å². The van der Waals surface area contributed by atoms with Gasteiger partial charge in [0.1, 0.15) is 11.4 Å². The molecule has 5 nitrogen and oxygen atoms in total. The minimum atomic E-state index is -0.234. The fourth-order valence-corrected chi connectivity index (χ4v) is 2.28. The zero-order chi connectivity index (χ0) is 16.2. The molecule has 0 unspecified atom stereocenters. The van der Waals surface area contributed by atoms with Gasteiger partial charge in [-0.05, 0) is 39.3 Å². The van der Waals surface area contributed by atoms with Crippen molar-refractivity contribution < 1.29 is 9.47 Å². The third-order valence-corrected chi connectivity index (χ3v) is 3.39. The van der Waals surface area contributed by atoms with Crippen LogP contribution in [0.15, 0.2) is 23.2 Å². The maximum absolute atomic E-state index is 6.08. The van der Waals surface area contributed by atoms with E-state index >= 15 is 0 Å². The van der Waals surface area contributed by atoms with Crippen LogP contribution in [-0.2, 0) is 11.3 Å². The Hall–Kier alpha value is -1.75. The van der Waals surface area contributed by atoms with Crippen LogP contribution in [0.2, 0.25) is 0 Å². The highest BCUT2D eigenvalue weighted by atomic mass is 16.5. The van der Waals surface area contributed by atoms with Crippen LogP contribution >= 0.6 is 0 Å². The van der Waals surface area contributed by atoms with E-state index in [0.29, 0.717) is 25.7 Å². The Morgan fingerprint density at radius 2 is 2.00 bits per heavy atom. The van der Waals surface area contributed by atoms with E-state index < -0.39 is 0 Å². The van der Waals surface area contributed by atoms with Gasteiger partial charge in [0.05, 0.1) is 19.8 Å². The van der Waals surface area contributed by atoms with Gasteiger partial charge in [-0.1, -0.05) is 12.1 Å². The largest absolute Gasteiger partial charge is 0.488 e. The Bertz CT molecular complexity index is 529. The highest BCUT2D eigenvalue weighted by molar-refractivity contribution is 5.78. The van der Waals surface area contributed by atoms with Crippen molar-refractivity contribution >= 4 is 5.96 Å². The van der Waals surface area contributed by atoms with Gasteiger partial charge >= 0.3 is 0 Å². The zero-order valence-electron chi connectivity index (χ0n) is 14.1. The molecule has 22 heavy (non-hydrogen) atoms. The molecule has 5 heteroatoms. The number of hydrogen-bond donors (Lipinski definition) is 1. The summed E-state index contributed by atoms with van der Waals surface area (Å²) in [5.41, 5.74) is 8.08. The lowest BCUT2D eigenvalue weighted by molar-refractivity contribution is 0.0674. The van der Waals surface area contributed by atoms with Gasteiger partial charge in [-0.25, -0.2) is 4.99 Å². The predicted molar refractivity (Wildman–Crippen MR) is 89.3 cm³/mol. The second-order valence-corrected chi connectivity index (χ2v) is 6.60. The van der Waals surface area contributed by atoms with Gasteiger partial charge in [0.15, 0.2) is 5.96 Å². The average molecular weight is 305 g/mol. The molecule has 1 aromatic rings. The van der Waals surface area contributed by atoms with E-state index in [0.717, 1.165) is 24.4 Å². The van der Waals surface area contributed by atoms with Gasteiger partial charge in [-0.15, -0.1) is 0 Å². The molecule has 0 atom stereocenters. The summed E-state index contributed by atoms with van der Waals surface area (Å²) in [6, 6.07) is 6.19. The summed E-state index contributed by atoms with van der Waals surface area (Å²) < 4.78 is 11.4. The number of nitrogens with two attached hydrogens (primary N) is 1. The summed E-state index contributed by atoms with van der Waals surface area (Å²) in [7, 11) is 0. The molecule has 0 radical (unpaired) electrons. The number of benzene rings is 1. The lowest BCUT2D eigenvalue weighted by atomic mass is 10.1. The molecule has 1 heterocycles. The van der Waals surface area contributed by atoms with Crippen LogP contribution in [0.4, 0.5) is 0 Å². The third-order valence-electron chi connectivity index (χ3n) is 3.39. The first-order chi connectivity index (χ1) is 10.3. The quantitative estimate of drug-likeness (QED) is 0.688. The van der Waals surface area contributed by atoms with Crippen LogP contribution in [-0.4, -0.2) is 42.8 Å². The van der Waals surface area contributed by atoms with E-state index in [9.17, 15) is 0 Å². The van der Waals surface area contributed by atoms with Crippen molar-refractivity contribution in [3.63, 3.8) is 0 Å². The average Bonchev–Trinajstić information content (AvgIpc) is 2.45. The molecule has 1 aliphatic rings. The monoisotopic (exact) mass is 305 g/mol. The molecule has 0 aliphatic carbocycles. The smallest absolute Gasteiger partial charge is 0.191 e. The highest BCUT2D eigenvalue weighted by Crippen LogP contribution is 2.25. The number of aryl methyl sites for hydroxylation is 1. The maximum Gasteiger partial charge on any atom is 0.191 e. The molecule has 1 aliphatic heterocycles. The van der Waals surface area contributed by atoms with Crippen LogP contribution in [0.5, 0.6) is 5.75 Å². The summed E-state index contributed by atoms with van der Waals surface area (Å²) in [5.74, 6) is 1.46. The molecular weight excluding hydrogens is 278 g/mol. The van der Waals surface area contributed by atoms with E-state index in [2.05, 4.69) is 35.0 Å². The van der Waals surface area contributed by atoms with E-state index in [-0.39, 0.29) is 5.60 Å². The minimum Gasteiger partial charge on any atom is -0.488 e. The van der Waals surface area contributed by atoms with Crippen molar-refractivity contribution in [3.05, 3.63) is 29.3 Å². The highest BCUT2D eigenvalue weighted by Gasteiger charge is 2.16. The molecule has 0 amide bonds. The van der Waals surface area contributed by atoms with Crippen molar-refractivity contribution in [2.24, 2.45) is 10.7 Å². The van der Waals surface area contributed by atoms with Gasteiger partial charge in [0.25, 0.3) is 0 Å². The topological polar surface area (TPSA) is 60.1 Å². The molecule has 1 saturated heterocycles. The molecular formula is C17H27N3O2. The van der Waals surface area contributed by atoms with Gasteiger partial charge in [0.2, 0.25) is 0 Å². The number of ether oxygens (including phenoxy) is 2. The Labute approximate surface area is 133 Å². The summed E-state index contributed by atoms with van der Waals surface area (Å²) in [5, 5.41) is 0. The third kappa shape index (κ3) is 4.91. The van der Waals surface area contributed by atoms with E-state index in [4.69, 9.17) is 15.2 Å².